The number of nitrogens with two attached hydrogens (primary N) is 1. The molecule has 0 aromatic heterocycles. The molecule has 1 saturated carbocycles. The van der Waals surface area contributed by atoms with Crippen LogP contribution in [-0.4, -0.2) is 48.6 Å². The van der Waals surface area contributed by atoms with Gasteiger partial charge in [0.1, 0.15) is 11.9 Å². The molecular weight excluding hydrogens is 512 g/mol. The van der Waals surface area contributed by atoms with E-state index in [1.165, 1.54) is 6.92 Å². The van der Waals surface area contributed by atoms with Crippen LogP contribution in [0.25, 0.3) is 0 Å². The van der Waals surface area contributed by atoms with Crippen molar-refractivity contribution in [1.82, 2.24) is 5.32 Å². The average Bonchev–Trinajstić information content (AvgIpc) is 2.86. The predicted molar refractivity (Wildman–Crippen MR) is 142 cm³/mol. The SMILES string of the molecule is CC(OC(=O)O[C@@H]1CCCC[C@H]1N)OC(=O)C(C)(C)Oc1ccc(CCNC(=O)c2ccc(Cl)cc2)cc1. The molecule has 206 valence electrons. The lowest BCUT2D eigenvalue weighted by atomic mass is 9.93. The molecule has 1 aliphatic rings. The molecule has 38 heavy (non-hydrogen) atoms. The van der Waals surface area contributed by atoms with E-state index >= 15 is 0 Å². The first-order valence-corrected chi connectivity index (χ1v) is 13.1. The second-order valence-electron chi connectivity index (χ2n) is 9.71. The number of halogens is 1. The number of rotatable bonds is 10. The van der Waals surface area contributed by atoms with Crippen molar-refractivity contribution in [1.29, 1.82) is 0 Å². The summed E-state index contributed by atoms with van der Waals surface area (Å²) in [5.74, 6) is -0.424. The molecule has 0 heterocycles. The minimum atomic E-state index is -1.35. The molecule has 3 N–H and O–H groups in total. The molecule has 9 nitrogen and oxygen atoms in total. The van der Waals surface area contributed by atoms with Crippen LogP contribution in [-0.2, 0) is 25.4 Å². The van der Waals surface area contributed by atoms with Crippen LogP contribution >= 0.6 is 11.6 Å². The monoisotopic (exact) mass is 546 g/mol. The summed E-state index contributed by atoms with van der Waals surface area (Å²) in [4.78, 5) is 36.9. The highest BCUT2D eigenvalue weighted by Gasteiger charge is 2.34. The van der Waals surface area contributed by atoms with E-state index in [1.54, 1.807) is 50.2 Å². The van der Waals surface area contributed by atoms with Crippen molar-refractivity contribution in [3.8, 4) is 5.75 Å². The average molecular weight is 547 g/mol. The molecule has 0 saturated heterocycles. The Hall–Kier alpha value is -3.30. The van der Waals surface area contributed by atoms with E-state index in [0.29, 0.717) is 35.7 Å². The van der Waals surface area contributed by atoms with Crippen molar-refractivity contribution in [3.05, 3.63) is 64.7 Å². The Morgan fingerprint density at radius 2 is 1.68 bits per heavy atom. The molecule has 0 spiro atoms. The summed E-state index contributed by atoms with van der Waals surface area (Å²) >= 11 is 5.85. The molecule has 10 heteroatoms. The molecule has 0 bridgehead atoms. The van der Waals surface area contributed by atoms with Gasteiger partial charge in [-0.05, 0) is 81.5 Å². The Labute approximate surface area is 227 Å². The second kappa shape index (κ2) is 13.5. The van der Waals surface area contributed by atoms with Crippen LogP contribution in [0.15, 0.2) is 48.5 Å². The second-order valence-corrected chi connectivity index (χ2v) is 10.2. The van der Waals surface area contributed by atoms with E-state index in [9.17, 15) is 14.4 Å². The van der Waals surface area contributed by atoms with E-state index in [-0.39, 0.29) is 11.9 Å². The van der Waals surface area contributed by atoms with Gasteiger partial charge in [0, 0.05) is 30.1 Å². The summed E-state index contributed by atoms with van der Waals surface area (Å²) in [5.41, 5.74) is 6.16. The number of carbonyl (C=O) groups excluding carboxylic acids is 3. The lowest BCUT2D eigenvalue weighted by molar-refractivity contribution is -0.184. The van der Waals surface area contributed by atoms with Gasteiger partial charge in [0.15, 0.2) is 5.60 Å². The smallest absolute Gasteiger partial charge is 0.476 e. The summed E-state index contributed by atoms with van der Waals surface area (Å²) in [6.07, 6.45) is 1.53. The maximum Gasteiger partial charge on any atom is 0.511 e. The fraction of sp³-hybridized carbons (Fsp3) is 0.464. The lowest BCUT2D eigenvalue weighted by Crippen LogP contribution is -2.43. The van der Waals surface area contributed by atoms with Crippen LogP contribution in [0.2, 0.25) is 5.02 Å². The number of hydrogen-bond donors (Lipinski definition) is 2. The highest BCUT2D eigenvalue weighted by Crippen LogP contribution is 2.22. The number of carbonyl (C=O) groups is 3. The highest BCUT2D eigenvalue weighted by molar-refractivity contribution is 6.30. The normalized spacial score (nSPS) is 18.1. The Bertz CT molecular complexity index is 1090. The zero-order valence-electron chi connectivity index (χ0n) is 21.9. The molecule has 1 amide bonds. The van der Waals surface area contributed by atoms with E-state index in [1.807, 2.05) is 12.1 Å². The Kier molecular flexibility index (Phi) is 10.4. The van der Waals surface area contributed by atoms with E-state index in [2.05, 4.69) is 5.32 Å². The summed E-state index contributed by atoms with van der Waals surface area (Å²) in [6.45, 7) is 4.99. The van der Waals surface area contributed by atoms with Gasteiger partial charge >= 0.3 is 12.1 Å². The molecule has 3 rings (SSSR count). The van der Waals surface area contributed by atoms with E-state index in [0.717, 1.165) is 24.8 Å². The molecule has 2 aromatic rings. The maximum atomic E-state index is 12.7. The number of benzene rings is 2. The van der Waals surface area contributed by atoms with Gasteiger partial charge in [-0.3, -0.25) is 4.79 Å². The van der Waals surface area contributed by atoms with Gasteiger partial charge in [0.25, 0.3) is 5.91 Å². The lowest BCUT2D eigenvalue weighted by Gasteiger charge is -2.29. The third-order valence-corrected chi connectivity index (χ3v) is 6.38. The zero-order chi connectivity index (χ0) is 27.7. The van der Waals surface area contributed by atoms with Gasteiger partial charge in [0.2, 0.25) is 6.29 Å². The Morgan fingerprint density at radius 1 is 1.03 bits per heavy atom. The molecule has 1 aliphatic carbocycles. The molecule has 2 aromatic carbocycles. The Balaban J connectivity index is 1.42. The van der Waals surface area contributed by atoms with Gasteiger partial charge < -0.3 is 30.0 Å². The number of nitrogens with one attached hydrogen (secondary N) is 1. The van der Waals surface area contributed by atoms with Crippen LogP contribution in [0.4, 0.5) is 4.79 Å². The van der Waals surface area contributed by atoms with Crippen LogP contribution in [0.1, 0.15) is 62.4 Å². The zero-order valence-corrected chi connectivity index (χ0v) is 22.7. The minimum Gasteiger partial charge on any atom is -0.476 e. The minimum absolute atomic E-state index is 0.175. The van der Waals surface area contributed by atoms with Crippen LogP contribution in [0.3, 0.4) is 0 Å². The van der Waals surface area contributed by atoms with Crippen molar-refractivity contribution >= 4 is 29.6 Å². The summed E-state index contributed by atoms with van der Waals surface area (Å²) in [6, 6.07) is 13.6. The number of ether oxygens (including phenoxy) is 4. The van der Waals surface area contributed by atoms with Gasteiger partial charge in [0.05, 0.1) is 0 Å². The maximum absolute atomic E-state index is 12.7. The van der Waals surface area contributed by atoms with E-state index < -0.39 is 30.1 Å². The van der Waals surface area contributed by atoms with Gasteiger partial charge in [-0.1, -0.05) is 30.2 Å². The van der Waals surface area contributed by atoms with E-state index in [4.69, 9.17) is 36.3 Å². The number of amides is 1. The molecular formula is C28H35ClN2O7. The van der Waals surface area contributed by atoms with Crippen molar-refractivity contribution in [2.24, 2.45) is 5.73 Å². The largest absolute Gasteiger partial charge is 0.511 e. The predicted octanol–water partition coefficient (Wildman–Crippen LogP) is 4.78. The third-order valence-electron chi connectivity index (χ3n) is 6.13. The molecule has 1 fully saturated rings. The van der Waals surface area contributed by atoms with Crippen molar-refractivity contribution in [2.45, 2.75) is 76.9 Å². The molecule has 1 unspecified atom stereocenters. The topological polar surface area (TPSA) is 126 Å². The molecule has 0 radical (unpaired) electrons. The molecule has 0 aliphatic heterocycles. The third kappa shape index (κ3) is 8.92. The van der Waals surface area contributed by atoms with Gasteiger partial charge in [-0.2, -0.15) is 0 Å². The summed E-state index contributed by atoms with van der Waals surface area (Å²) in [5, 5.41) is 3.44. The Morgan fingerprint density at radius 3 is 2.34 bits per heavy atom. The summed E-state index contributed by atoms with van der Waals surface area (Å²) in [7, 11) is 0. The quantitative estimate of drug-likeness (QED) is 0.322. The van der Waals surface area contributed by atoms with Crippen molar-refractivity contribution < 1.29 is 33.3 Å². The van der Waals surface area contributed by atoms with Gasteiger partial charge in [-0.15, -0.1) is 0 Å². The molecule has 3 atom stereocenters. The fourth-order valence-corrected chi connectivity index (χ4v) is 4.09. The first-order valence-electron chi connectivity index (χ1n) is 12.7. The van der Waals surface area contributed by atoms with Crippen LogP contribution in [0, 0.1) is 0 Å². The summed E-state index contributed by atoms with van der Waals surface area (Å²) < 4.78 is 21.4. The number of hydrogen-bond acceptors (Lipinski definition) is 8. The van der Waals surface area contributed by atoms with Crippen LogP contribution in [0.5, 0.6) is 5.75 Å². The van der Waals surface area contributed by atoms with Crippen molar-refractivity contribution in [2.75, 3.05) is 6.54 Å². The highest BCUT2D eigenvalue weighted by atomic mass is 35.5. The first kappa shape index (κ1) is 29.3. The first-order chi connectivity index (χ1) is 18.0. The standard InChI is InChI=1S/C28H35ClN2O7/c1-18(36-27(34)37-24-7-5-4-6-23(24)30)35-26(33)28(2,3)38-22-14-8-19(9-15-22)16-17-31-25(32)20-10-12-21(29)13-11-20/h8-15,18,23-24H,4-7,16-17,30H2,1-3H3,(H,31,32)/t18?,23-,24-/m1/s1. The van der Waals surface area contributed by atoms with Gasteiger partial charge in [-0.25, -0.2) is 9.59 Å². The number of esters is 1. The fourth-order valence-electron chi connectivity index (χ4n) is 3.96. The van der Waals surface area contributed by atoms with Crippen LogP contribution < -0.4 is 15.8 Å². The van der Waals surface area contributed by atoms with Crippen molar-refractivity contribution in [3.63, 3.8) is 0 Å².